The number of esters is 1. The largest absolute Gasteiger partial charge is 0.511 e. The average Bonchev–Trinajstić information content (AvgIpc) is 2.59. The van der Waals surface area contributed by atoms with Gasteiger partial charge in [-0.2, -0.15) is 0 Å². The molecule has 21 heavy (non-hydrogen) atoms. The zero-order valence-electron chi connectivity index (χ0n) is 11.9. The number of fused-ring (bicyclic) bond motifs is 1. The third kappa shape index (κ3) is 2.61. The molecule has 0 bridgehead atoms. The van der Waals surface area contributed by atoms with Gasteiger partial charge in [0.15, 0.2) is 5.78 Å². The summed E-state index contributed by atoms with van der Waals surface area (Å²) in [6.07, 6.45) is -2.06. The van der Waals surface area contributed by atoms with Crippen molar-refractivity contribution in [2.45, 2.75) is 39.5 Å². The predicted molar refractivity (Wildman–Crippen MR) is 66.6 cm³/mol. The van der Waals surface area contributed by atoms with Gasteiger partial charge in [-0.15, -0.1) is 0 Å². The predicted octanol–water partition coefficient (Wildman–Crippen LogP) is 0.506. The van der Waals surface area contributed by atoms with Gasteiger partial charge in [-0.3, -0.25) is 14.5 Å². The Labute approximate surface area is 120 Å². The van der Waals surface area contributed by atoms with E-state index in [0.717, 1.165) is 4.90 Å². The maximum atomic E-state index is 12.0. The van der Waals surface area contributed by atoms with Gasteiger partial charge >= 0.3 is 12.1 Å². The fraction of sp³-hybridized carbons (Fsp3) is 0.538. The monoisotopic (exact) mass is 297 g/mol. The molecule has 2 heterocycles. The van der Waals surface area contributed by atoms with E-state index >= 15 is 0 Å². The molecule has 0 aromatic rings. The number of amides is 1. The Kier molecular flexibility index (Phi) is 3.97. The van der Waals surface area contributed by atoms with Crippen LogP contribution >= 0.6 is 0 Å². The zero-order chi connectivity index (χ0) is 15.7. The second-order valence-corrected chi connectivity index (χ2v) is 4.60. The van der Waals surface area contributed by atoms with E-state index in [1.54, 1.807) is 6.92 Å². The van der Waals surface area contributed by atoms with E-state index in [2.05, 4.69) is 9.47 Å². The number of Topliss-reactive ketones (excluding diaryl/α,β-unsaturated/α-hetero) is 1. The van der Waals surface area contributed by atoms with Crippen molar-refractivity contribution < 1.29 is 33.4 Å². The van der Waals surface area contributed by atoms with Crippen molar-refractivity contribution in [2.24, 2.45) is 0 Å². The molecule has 114 valence electrons. The fourth-order valence-corrected chi connectivity index (χ4v) is 2.22. The first-order chi connectivity index (χ1) is 9.86. The molecule has 1 unspecified atom stereocenters. The highest BCUT2D eigenvalue weighted by Crippen LogP contribution is 2.36. The van der Waals surface area contributed by atoms with Crippen LogP contribution in [0.3, 0.4) is 0 Å². The van der Waals surface area contributed by atoms with Gasteiger partial charge in [0.05, 0.1) is 13.0 Å². The number of carbonyl (C=O) groups is 4. The third-order valence-corrected chi connectivity index (χ3v) is 3.21. The minimum atomic E-state index is -1.19. The van der Waals surface area contributed by atoms with E-state index in [1.807, 2.05) is 0 Å². The molecule has 0 spiro atoms. The van der Waals surface area contributed by atoms with Crippen molar-refractivity contribution in [3.8, 4) is 0 Å². The van der Waals surface area contributed by atoms with Crippen molar-refractivity contribution in [3.63, 3.8) is 0 Å². The zero-order valence-corrected chi connectivity index (χ0v) is 11.9. The van der Waals surface area contributed by atoms with Gasteiger partial charge in [0.25, 0.3) is 0 Å². The van der Waals surface area contributed by atoms with Crippen LogP contribution in [-0.2, 0) is 28.6 Å². The van der Waals surface area contributed by atoms with Crippen LogP contribution in [0, 0.1) is 0 Å². The smallest absolute Gasteiger partial charge is 0.435 e. The highest BCUT2D eigenvalue weighted by Gasteiger charge is 2.52. The van der Waals surface area contributed by atoms with Crippen molar-refractivity contribution in [3.05, 3.63) is 11.3 Å². The number of rotatable bonds is 4. The Bertz CT molecular complexity index is 551. The van der Waals surface area contributed by atoms with Gasteiger partial charge in [0.2, 0.25) is 12.2 Å². The quantitative estimate of drug-likeness (QED) is 0.423. The van der Waals surface area contributed by atoms with Gasteiger partial charge in [-0.05, 0) is 13.8 Å². The number of ether oxygens (including phenoxy) is 3. The van der Waals surface area contributed by atoms with Gasteiger partial charge < -0.3 is 14.2 Å². The Hall–Kier alpha value is -2.38. The SMILES string of the molecule is CCOC(=O)OC(C)OC(=O)C1=C(C)C(=O)[C@@H]2CC(=O)N12. The first kappa shape index (κ1) is 15.0. The van der Waals surface area contributed by atoms with Crippen LogP contribution in [0.5, 0.6) is 0 Å². The normalized spacial score (nSPS) is 21.7. The Morgan fingerprint density at radius 1 is 1.33 bits per heavy atom. The molecule has 8 nitrogen and oxygen atoms in total. The molecule has 0 radical (unpaired) electrons. The molecule has 2 rings (SSSR count). The van der Waals surface area contributed by atoms with Crippen LogP contribution in [0.1, 0.15) is 27.2 Å². The number of hydrogen-bond donors (Lipinski definition) is 0. The minimum Gasteiger partial charge on any atom is -0.435 e. The fourth-order valence-electron chi connectivity index (χ4n) is 2.22. The lowest BCUT2D eigenvalue weighted by Crippen LogP contribution is -2.52. The number of β-lactam (4-membered cyclic amide) rings is 1. The van der Waals surface area contributed by atoms with Crippen LogP contribution in [0.4, 0.5) is 4.79 Å². The maximum Gasteiger partial charge on any atom is 0.511 e. The lowest BCUT2D eigenvalue weighted by atomic mass is 10.0. The van der Waals surface area contributed by atoms with E-state index in [0.29, 0.717) is 0 Å². The second-order valence-electron chi connectivity index (χ2n) is 4.60. The van der Waals surface area contributed by atoms with Crippen LogP contribution in [-0.4, -0.2) is 47.7 Å². The number of hydrogen-bond acceptors (Lipinski definition) is 7. The Balaban J connectivity index is 2.01. The van der Waals surface area contributed by atoms with Crippen molar-refractivity contribution in [1.82, 2.24) is 4.90 Å². The van der Waals surface area contributed by atoms with E-state index in [4.69, 9.17) is 4.74 Å². The van der Waals surface area contributed by atoms with Gasteiger partial charge in [-0.25, -0.2) is 9.59 Å². The Morgan fingerprint density at radius 2 is 2.00 bits per heavy atom. The topological polar surface area (TPSA) is 99.2 Å². The number of nitrogens with zero attached hydrogens (tertiary/aromatic N) is 1. The summed E-state index contributed by atoms with van der Waals surface area (Å²) in [5, 5.41) is 0. The third-order valence-electron chi connectivity index (χ3n) is 3.21. The number of carbonyl (C=O) groups excluding carboxylic acids is 4. The molecular weight excluding hydrogens is 282 g/mol. The first-order valence-electron chi connectivity index (χ1n) is 6.48. The summed E-state index contributed by atoms with van der Waals surface area (Å²) in [6.45, 7) is 4.52. The van der Waals surface area contributed by atoms with E-state index in [9.17, 15) is 19.2 Å². The second kappa shape index (κ2) is 5.55. The van der Waals surface area contributed by atoms with Crippen LogP contribution in [0.25, 0.3) is 0 Å². The molecule has 0 aromatic heterocycles. The van der Waals surface area contributed by atoms with E-state index in [-0.39, 0.29) is 36.0 Å². The van der Waals surface area contributed by atoms with Gasteiger partial charge in [0, 0.05) is 12.5 Å². The summed E-state index contributed by atoms with van der Waals surface area (Å²) in [5.41, 5.74) is 0.0970. The van der Waals surface area contributed by atoms with Crippen LogP contribution < -0.4 is 0 Å². The lowest BCUT2D eigenvalue weighted by molar-refractivity contribution is -0.168. The van der Waals surface area contributed by atoms with Crippen molar-refractivity contribution in [1.29, 1.82) is 0 Å². The molecule has 0 saturated carbocycles. The van der Waals surface area contributed by atoms with Crippen molar-refractivity contribution in [2.75, 3.05) is 6.61 Å². The first-order valence-corrected chi connectivity index (χ1v) is 6.48. The summed E-state index contributed by atoms with van der Waals surface area (Å²) in [7, 11) is 0. The summed E-state index contributed by atoms with van der Waals surface area (Å²) >= 11 is 0. The molecular formula is C13H15NO7. The number of ketones is 1. The standard InChI is InChI=1S/C13H15NO7/c1-4-19-13(18)21-7(3)20-12(17)10-6(2)11(16)8-5-9(15)14(8)10/h7-8H,4-5H2,1-3H3/t7?,8-/m0/s1. The molecule has 0 aromatic carbocycles. The minimum absolute atomic E-state index is 0.0828. The molecule has 0 N–H and O–H groups in total. The van der Waals surface area contributed by atoms with E-state index in [1.165, 1.54) is 13.8 Å². The summed E-state index contributed by atoms with van der Waals surface area (Å²) in [4.78, 5) is 47.5. The highest BCUT2D eigenvalue weighted by atomic mass is 16.8. The highest BCUT2D eigenvalue weighted by molar-refractivity contribution is 6.17. The summed E-state index contributed by atoms with van der Waals surface area (Å²) < 4.78 is 14.1. The molecule has 2 aliphatic heterocycles. The molecule has 0 aliphatic carbocycles. The molecule has 1 amide bonds. The van der Waals surface area contributed by atoms with E-state index < -0.39 is 24.5 Å². The van der Waals surface area contributed by atoms with Crippen molar-refractivity contribution >= 4 is 23.8 Å². The van der Waals surface area contributed by atoms with Crippen LogP contribution in [0.2, 0.25) is 0 Å². The molecule has 1 saturated heterocycles. The molecule has 1 fully saturated rings. The molecule has 2 aliphatic rings. The molecule has 2 atom stereocenters. The van der Waals surface area contributed by atoms with Gasteiger partial charge in [0.1, 0.15) is 11.7 Å². The molecule has 8 heteroatoms. The maximum absolute atomic E-state index is 12.0. The average molecular weight is 297 g/mol. The lowest BCUT2D eigenvalue weighted by Gasteiger charge is -2.34. The summed E-state index contributed by atoms with van der Waals surface area (Å²) in [6, 6.07) is -0.596. The Morgan fingerprint density at radius 3 is 2.57 bits per heavy atom. The van der Waals surface area contributed by atoms with Crippen LogP contribution in [0.15, 0.2) is 11.3 Å². The van der Waals surface area contributed by atoms with Gasteiger partial charge in [-0.1, -0.05) is 0 Å². The summed E-state index contributed by atoms with van der Waals surface area (Å²) in [5.74, 6) is -1.45.